The number of urea groups is 1. The van der Waals surface area contributed by atoms with Gasteiger partial charge in [0, 0.05) is 45.8 Å². The van der Waals surface area contributed by atoms with E-state index in [0.717, 1.165) is 43.3 Å². The first-order valence-corrected chi connectivity index (χ1v) is 10.4. The maximum Gasteiger partial charge on any atom is 0.327 e. The number of hydrogen-bond acceptors (Lipinski definition) is 6. The zero-order valence-corrected chi connectivity index (χ0v) is 17.3. The number of likely N-dealkylation sites (tertiary alicyclic amines) is 1. The molecule has 30 heavy (non-hydrogen) atoms. The van der Waals surface area contributed by atoms with E-state index in [4.69, 9.17) is 0 Å². The van der Waals surface area contributed by atoms with Crippen molar-refractivity contribution in [3.8, 4) is 11.3 Å². The zero-order valence-electron chi connectivity index (χ0n) is 17.3. The summed E-state index contributed by atoms with van der Waals surface area (Å²) < 4.78 is 0. The van der Waals surface area contributed by atoms with Crippen molar-refractivity contribution in [3.05, 3.63) is 42.5 Å². The summed E-state index contributed by atoms with van der Waals surface area (Å²) in [6.07, 6.45) is 0.235. The molecule has 3 unspecified atom stereocenters. The predicted octanol–water partition coefficient (Wildman–Crippen LogP) is 1.75. The molecule has 3 aliphatic heterocycles. The first kappa shape index (κ1) is 19.0. The predicted molar refractivity (Wildman–Crippen MR) is 113 cm³/mol. The lowest BCUT2D eigenvalue weighted by Gasteiger charge is -2.41. The summed E-state index contributed by atoms with van der Waals surface area (Å²) in [6, 6.07) is 13.9. The van der Waals surface area contributed by atoms with E-state index in [0.29, 0.717) is 18.3 Å². The molecule has 1 aromatic carbocycles. The number of imide groups is 1. The van der Waals surface area contributed by atoms with E-state index < -0.39 is 0 Å². The van der Waals surface area contributed by atoms with Gasteiger partial charge in [0.25, 0.3) is 0 Å². The van der Waals surface area contributed by atoms with Gasteiger partial charge in [-0.2, -0.15) is 0 Å². The van der Waals surface area contributed by atoms with Crippen molar-refractivity contribution in [2.75, 3.05) is 45.2 Å². The highest BCUT2D eigenvalue weighted by atomic mass is 16.2. The third-order valence-electron chi connectivity index (χ3n) is 6.75. The van der Waals surface area contributed by atoms with Crippen LogP contribution in [0.3, 0.4) is 0 Å². The van der Waals surface area contributed by atoms with Gasteiger partial charge >= 0.3 is 6.03 Å². The Labute approximate surface area is 176 Å². The van der Waals surface area contributed by atoms with E-state index in [-0.39, 0.29) is 18.1 Å². The Bertz CT molecular complexity index is 936. The monoisotopic (exact) mass is 406 g/mol. The standard InChI is InChI=1S/C22H26N6O2/c1-25-20(10-21(29)26(2)22(25)30)28-13-16-11-27(12-17(16)14-28)19-9-8-18(23-24-19)15-6-4-3-5-7-15/h3-9,16-17,20H,10-14H2,1-2H3. The number of nitrogens with zero attached hydrogens (tertiary/aromatic N) is 6. The lowest BCUT2D eigenvalue weighted by atomic mass is 10.0. The number of rotatable bonds is 3. The lowest BCUT2D eigenvalue weighted by molar-refractivity contribution is -0.133. The number of hydrogen-bond donors (Lipinski definition) is 0. The number of carbonyl (C=O) groups is 2. The van der Waals surface area contributed by atoms with Gasteiger partial charge in [0.05, 0.1) is 18.3 Å². The van der Waals surface area contributed by atoms with Gasteiger partial charge in [0.1, 0.15) is 0 Å². The van der Waals surface area contributed by atoms with E-state index in [9.17, 15) is 9.59 Å². The van der Waals surface area contributed by atoms with Gasteiger partial charge in [-0.15, -0.1) is 10.2 Å². The highest BCUT2D eigenvalue weighted by Crippen LogP contribution is 2.36. The van der Waals surface area contributed by atoms with Crippen molar-refractivity contribution in [3.63, 3.8) is 0 Å². The first-order valence-electron chi connectivity index (χ1n) is 10.4. The molecule has 4 heterocycles. The minimum atomic E-state index is -0.219. The molecule has 0 saturated carbocycles. The Kier molecular flexibility index (Phi) is 4.66. The Morgan fingerprint density at radius 1 is 0.867 bits per heavy atom. The molecule has 3 amide bonds. The molecular weight excluding hydrogens is 380 g/mol. The van der Waals surface area contributed by atoms with Gasteiger partial charge in [-0.3, -0.25) is 14.6 Å². The molecule has 156 valence electrons. The van der Waals surface area contributed by atoms with Gasteiger partial charge in [-0.25, -0.2) is 4.79 Å². The van der Waals surface area contributed by atoms with Crippen LogP contribution in [-0.4, -0.2) is 83.3 Å². The minimum Gasteiger partial charge on any atom is -0.354 e. The number of amides is 3. The van der Waals surface area contributed by atoms with Gasteiger partial charge in [0.2, 0.25) is 5.91 Å². The van der Waals surface area contributed by atoms with Crippen LogP contribution in [0.5, 0.6) is 0 Å². The quantitative estimate of drug-likeness (QED) is 0.773. The SMILES string of the molecule is CN1C(=O)CC(N2CC3CN(c4ccc(-c5ccccc5)nn4)CC3C2)N(C)C1=O. The first-order chi connectivity index (χ1) is 14.5. The molecule has 0 N–H and O–H groups in total. The summed E-state index contributed by atoms with van der Waals surface area (Å²) in [4.78, 5) is 32.0. The lowest BCUT2D eigenvalue weighted by Crippen LogP contribution is -2.59. The molecule has 0 aliphatic carbocycles. The molecule has 0 spiro atoms. The van der Waals surface area contributed by atoms with E-state index in [2.05, 4.69) is 26.1 Å². The van der Waals surface area contributed by atoms with E-state index in [1.807, 2.05) is 36.4 Å². The van der Waals surface area contributed by atoms with Crippen molar-refractivity contribution in [1.29, 1.82) is 0 Å². The summed E-state index contributed by atoms with van der Waals surface area (Å²) in [5, 5.41) is 8.89. The normalized spacial score (nSPS) is 27.1. The van der Waals surface area contributed by atoms with Crippen LogP contribution in [-0.2, 0) is 4.79 Å². The number of anilines is 1. The summed E-state index contributed by atoms with van der Waals surface area (Å²) in [6.45, 7) is 3.66. The van der Waals surface area contributed by atoms with Crippen LogP contribution < -0.4 is 4.90 Å². The maximum atomic E-state index is 12.3. The van der Waals surface area contributed by atoms with Crippen LogP contribution >= 0.6 is 0 Å². The van der Waals surface area contributed by atoms with Crippen molar-refractivity contribution >= 4 is 17.8 Å². The second-order valence-electron chi connectivity index (χ2n) is 8.55. The van der Waals surface area contributed by atoms with E-state index in [1.54, 1.807) is 19.0 Å². The van der Waals surface area contributed by atoms with Crippen LogP contribution in [0, 0.1) is 11.8 Å². The highest BCUT2D eigenvalue weighted by Gasteiger charge is 2.46. The van der Waals surface area contributed by atoms with Crippen molar-refractivity contribution < 1.29 is 9.59 Å². The molecule has 0 radical (unpaired) electrons. The summed E-state index contributed by atoms with van der Waals surface area (Å²) in [7, 11) is 3.35. The highest BCUT2D eigenvalue weighted by molar-refractivity contribution is 5.96. The van der Waals surface area contributed by atoms with Gasteiger partial charge < -0.3 is 9.80 Å². The molecule has 2 aromatic rings. The number of carbonyl (C=O) groups excluding carboxylic acids is 2. The van der Waals surface area contributed by atoms with Crippen molar-refractivity contribution in [2.45, 2.75) is 12.6 Å². The van der Waals surface area contributed by atoms with Crippen LogP contribution in [0.15, 0.2) is 42.5 Å². The van der Waals surface area contributed by atoms with E-state index in [1.165, 1.54) is 4.90 Å². The Balaban J connectivity index is 1.23. The minimum absolute atomic E-state index is 0.101. The second kappa shape index (κ2) is 7.36. The Morgan fingerprint density at radius 3 is 2.20 bits per heavy atom. The molecule has 5 rings (SSSR count). The molecule has 3 saturated heterocycles. The average molecular weight is 406 g/mol. The van der Waals surface area contributed by atoms with E-state index >= 15 is 0 Å². The number of fused-ring (bicyclic) bond motifs is 1. The van der Waals surface area contributed by atoms with Crippen LogP contribution in [0.25, 0.3) is 11.3 Å². The van der Waals surface area contributed by atoms with Gasteiger partial charge in [-0.1, -0.05) is 30.3 Å². The third kappa shape index (κ3) is 3.21. The maximum absolute atomic E-state index is 12.3. The molecule has 8 heteroatoms. The smallest absolute Gasteiger partial charge is 0.327 e. The number of benzene rings is 1. The Hall–Kier alpha value is -3.00. The molecule has 8 nitrogen and oxygen atoms in total. The van der Waals surface area contributed by atoms with Gasteiger partial charge in [0.15, 0.2) is 5.82 Å². The summed E-state index contributed by atoms with van der Waals surface area (Å²) in [5.74, 6) is 1.84. The van der Waals surface area contributed by atoms with Crippen molar-refractivity contribution in [2.24, 2.45) is 11.8 Å². The van der Waals surface area contributed by atoms with Crippen LogP contribution in [0.2, 0.25) is 0 Å². The third-order valence-corrected chi connectivity index (χ3v) is 6.75. The molecular formula is C22H26N6O2. The molecule has 3 atom stereocenters. The summed E-state index contributed by atoms with van der Waals surface area (Å²) in [5.41, 5.74) is 1.95. The fourth-order valence-electron chi connectivity index (χ4n) is 4.99. The topological polar surface area (TPSA) is 72.9 Å². The molecule has 1 aromatic heterocycles. The molecule has 0 bridgehead atoms. The van der Waals surface area contributed by atoms with Crippen LogP contribution in [0.4, 0.5) is 10.6 Å². The van der Waals surface area contributed by atoms with Crippen LogP contribution in [0.1, 0.15) is 6.42 Å². The van der Waals surface area contributed by atoms with Crippen molar-refractivity contribution in [1.82, 2.24) is 24.9 Å². The average Bonchev–Trinajstić information content (AvgIpc) is 3.35. The Morgan fingerprint density at radius 2 is 1.57 bits per heavy atom. The summed E-state index contributed by atoms with van der Waals surface area (Å²) >= 11 is 0. The molecule has 3 fully saturated rings. The number of aromatic nitrogens is 2. The largest absolute Gasteiger partial charge is 0.354 e. The molecule has 3 aliphatic rings. The zero-order chi connectivity index (χ0) is 20.8. The fourth-order valence-corrected chi connectivity index (χ4v) is 4.99. The fraction of sp³-hybridized carbons (Fsp3) is 0.455. The second-order valence-corrected chi connectivity index (χ2v) is 8.55. The van der Waals surface area contributed by atoms with Gasteiger partial charge in [-0.05, 0) is 24.0 Å².